The number of nitrogens with zero attached hydrogens (tertiary/aromatic N) is 6. The van der Waals surface area contributed by atoms with Crippen molar-refractivity contribution in [3.8, 4) is 17.3 Å². The van der Waals surface area contributed by atoms with Crippen molar-refractivity contribution in [2.75, 3.05) is 38.1 Å². The van der Waals surface area contributed by atoms with Crippen LogP contribution in [0.25, 0.3) is 23.0 Å². The average Bonchev–Trinajstić information content (AvgIpc) is 3.36. The molecule has 2 saturated heterocycles. The number of carbonyl (C=O) groups excluding carboxylic acids is 2. The summed E-state index contributed by atoms with van der Waals surface area (Å²) in [5.41, 5.74) is 4.28. The van der Waals surface area contributed by atoms with Gasteiger partial charge in [-0.2, -0.15) is 10.4 Å². The molecule has 0 atom stereocenters. The number of hydrogen-bond acceptors (Lipinski definition) is 8. The summed E-state index contributed by atoms with van der Waals surface area (Å²) in [4.78, 5) is 32.5. The molecule has 0 aliphatic carbocycles. The second kappa shape index (κ2) is 8.11. The Bertz CT molecular complexity index is 1320. The van der Waals surface area contributed by atoms with Crippen LogP contribution in [0.5, 0.6) is 0 Å². The van der Waals surface area contributed by atoms with Gasteiger partial charge in [-0.1, -0.05) is 6.07 Å². The molecular weight excluding hydrogens is 426 g/mol. The normalized spacial score (nSPS) is 18.4. The fourth-order valence-electron chi connectivity index (χ4n) is 3.82. The number of imidazole rings is 1. The van der Waals surface area contributed by atoms with Crippen LogP contribution >= 0.6 is 11.8 Å². The third-order valence-corrected chi connectivity index (χ3v) is 6.37. The Balaban J connectivity index is 1.51. The molecule has 9 nitrogen and oxygen atoms in total. The van der Waals surface area contributed by atoms with Gasteiger partial charge in [-0.3, -0.25) is 14.9 Å². The first-order valence-corrected chi connectivity index (χ1v) is 10.9. The number of benzene rings is 1. The van der Waals surface area contributed by atoms with E-state index < -0.39 is 11.1 Å². The van der Waals surface area contributed by atoms with Crippen LogP contribution < -0.4 is 10.2 Å². The van der Waals surface area contributed by atoms with Crippen LogP contribution in [0.3, 0.4) is 0 Å². The van der Waals surface area contributed by atoms with E-state index in [-0.39, 0.29) is 0 Å². The molecule has 0 radical (unpaired) electrons. The topological polar surface area (TPSA) is 107 Å². The molecule has 0 bridgehead atoms. The number of rotatable bonds is 3. The maximum Gasteiger partial charge on any atom is 0.290 e. The van der Waals surface area contributed by atoms with E-state index in [9.17, 15) is 14.9 Å². The van der Waals surface area contributed by atoms with E-state index in [4.69, 9.17) is 0 Å². The number of imide groups is 1. The number of aromatic nitrogens is 3. The van der Waals surface area contributed by atoms with Crippen LogP contribution in [0.2, 0.25) is 0 Å². The molecule has 0 spiro atoms. The molecule has 10 heteroatoms. The van der Waals surface area contributed by atoms with Crippen molar-refractivity contribution in [1.29, 1.82) is 5.26 Å². The zero-order valence-electron chi connectivity index (χ0n) is 17.3. The highest BCUT2D eigenvalue weighted by atomic mass is 32.2. The lowest BCUT2D eigenvalue weighted by atomic mass is 10.1. The summed E-state index contributed by atoms with van der Waals surface area (Å²) in [5, 5.41) is 16.2. The van der Waals surface area contributed by atoms with Gasteiger partial charge in [-0.05, 0) is 49.2 Å². The van der Waals surface area contributed by atoms with Crippen molar-refractivity contribution >= 4 is 40.3 Å². The molecule has 0 unspecified atom stereocenters. The number of likely N-dealkylation sites (N-methyl/N-ethyl adjacent to an activating group) is 1. The highest BCUT2D eigenvalue weighted by Gasteiger charge is 2.25. The van der Waals surface area contributed by atoms with E-state index in [0.29, 0.717) is 21.8 Å². The fourth-order valence-corrected chi connectivity index (χ4v) is 4.49. The monoisotopic (exact) mass is 445 g/mol. The first kappa shape index (κ1) is 20.2. The summed E-state index contributed by atoms with van der Waals surface area (Å²) in [7, 11) is 2.10. The average molecular weight is 446 g/mol. The van der Waals surface area contributed by atoms with Crippen LogP contribution in [-0.2, 0) is 4.79 Å². The van der Waals surface area contributed by atoms with Crippen LogP contribution in [0.1, 0.15) is 11.3 Å². The number of amides is 2. The summed E-state index contributed by atoms with van der Waals surface area (Å²) in [6.07, 6.45) is 3.29. The second-order valence-corrected chi connectivity index (χ2v) is 8.67. The maximum atomic E-state index is 11.8. The lowest BCUT2D eigenvalue weighted by molar-refractivity contribution is -0.115. The molecule has 1 aromatic carbocycles. The predicted octanol–water partition coefficient (Wildman–Crippen LogP) is 2.34. The number of thioether (sulfide) groups is 1. The molecule has 2 aliphatic rings. The molecule has 2 amide bonds. The van der Waals surface area contributed by atoms with Crippen molar-refractivity contribution in [3.63, 3.8) is 0 Å². The van der Waals surface area contributed by atoms with Gasteiger partial charge in [-0.25, -0.2) is 9.50 Å². The lowest BCUT2D eigenvalue weighted by Gasteiger charge is -2.34. The highest BCUT2D eigenvalue weighted by molar-refractivity contribution is 8.18. The lowest BCUT2D eigenvalue weighted by Crippen LogP contribution is -2.44. The molecule has 4 heterocycles. The molecule has 32 heavy (non-hydrogen) atoms. The standard InChI is InChI=1S/C22H19N7O2S/c1-27-6-8-28(9-7-27)17-4-2-14(10-15(17)12-23)18-13-24-20-5-3-16(26-29(18)20)11-19-21(30)25-22(31)32-19/h2-5,10-11,13H,6-9H2,1H3,(H,25,30,31). The van der Waals surface area contributed by atoms with Crippen molar-refractivity contribution < 1.29 is 9.59 Å². The summed E-state index contributed by atoms with van der Waals surface area (Å²) in [6.45, 7) is 3.69. The molecule has 0 saturated carbocycles. The highest BCUT2D eigenvalue weighted by Crippen LogP contribution is 2.29. The molecular formula is C22H19N7O2S. The van der Waals surface area contributed by atoms with Gasteiger partial charge in [0.05, 0.1) is 33.7 Å². The van der Waals surface area contributed by atoms with Crippen molar-refractivity contribution in [2.45, 2.75) is 0 Å². The SMILES string of the molecule is CN1CCN(c2ccc(-c3cnc4ccc(C=C5SC(=O)NC5=O)nn34)cc2C#N)CC1. The van der Waals surface area contributed by atoms with Crippen LogP contribution in [0.4, 0.5) is 10.5 Å². The quantitative estimate of drug-likeness (QED) is 0.613. The maximum absolute atomic E-state index is 11.8. The van der Waals surface area contributed by atoms with E-state index in [1.807, 2.05) is 18.2 Å². The zero-order valence-corrected chi connectivity index (χ0v) is 18.1. The molecule has 1 N–H and O–H groups in total. The van der Waals surface area contributed by atoms with E-state index in [1.165, 1.54) is 0 Å². The minimum atomic E-state index is -0.425. The molecule has 3 aromatic rings. The van der Waals surface area contributed by atoms with Crippen molar-refractivity contribution in [3.05, 3.63) is 52.7 Å². The zero-order chi connectivity index (χ0) is 22.2. The molecule has 5 rings (SSSR count). The van der Waals surface area contributed by atoms with Crippen molar-refractivity contribution in [2.24, 2.45) is 0 Å². The Morgan fingerprint density at radius 2 is 1.97 bits per heavy atom. The molecule has 2 aliphatic heterocycles. The van der Waals surface area contributed by atoms with Gasteiger partial charge in [0.15, 0.2) is 5.65 Å². The number of carbonyl (C=O) groups is 2. The van der Waals surface area contributed by atoms with Gasteiger partial charge in [0.1, 0.15) is 6.07 Å². The van der Waals surface area contributed by atoms with Crippen molar-refractivity contribution in [1.82, 2.24) is 24.8 Å². The summed E-state index contributed by atoms with van der Waals surface area (Å²) in [5.74, 6) is -0.425. The third-order valence-electron chi connectivity index (χ3n) is 5.56. The number of anilines is 1. The Morgan fingerprint density at radius 1 is 1.16 bits per heavy atom. The number of hydrogen-bond donors (Lipinski definition) is 1. The molecule has 2 fully saturated rings. The smallest absolute Gasteiger partial charge is 0.290 e. The Morgan fingerprint density at radius 3 is 2.69 bits per heavy atom. The largest absolute Gasteiger partial charge is 0.368 e. The summed E-state index contributed by atoms with van der Waals surface area (Å²) < 4.78 is 1.68. The Kier molecular flexibility index (Phi) is 5.13. The van der Waals surface area contributed by atoms with Gasteiger partial charge < -0.3 is 9.80 Å². The minimum absolute atomic E-state index is 0.298. The Labute approximate surface area is 188 Å². The summed E-state index contributed by atoms with van der Waals surface area (Å²) >= 11 is 0.850. The first-order chi connectivity index (χ1) is 15.5. The fraction of sp³-hybridized carbons (Fsp3) is 0.227. The number of nitriles is 1. The van der Waals surface area contributed by atoms with Crippen LogP contribution in [-0.4, -0.2) is 63.9 Å². The van der Waals surface area contributed by atoms with Gasteiger partial charge in [0, 0.05) is 31.7 Å². The molecule has 160 valence electrons. The van der Waals surface area contributed by atoms with E-state index >= 15 is 0 Å². The summed E-state index contributed by atoms with van der Waals surface area (Å²) in [6, 6.07) is 11.7. The number of fused-ring (bicyclic) bond motifs is 1. The van der Waals surface area contributed by atoms with Crippen LogP contribution in [0, 0.1) is 11.3 Å². The van der Waals surface area contributed by atoms with Crippen LogP contribution in [0.15, 0.2) is 41.4 Å². The third kappa shape index (κ3) is 3.72. The molecule has 2 aromatic heterocycles. The minimum Gasteiger partial charge on any atom is -0.368 e. The number of nitrogens with one attached hydrogen (secondary N) is 1. The predicted molar refractivity (Wildman–Crippen MR) is 122 cm³/mol. The van der Waals surface area contributed by atoms with Gasteiger partial charge >= 0.3 is 0 Å². The second-order valence-electron chi connectivity index (χ2n) is 7.66. The van der Waals surface area contributed by atoms with E-state index in [2.05, 4.69) is 38.3 Å². The van der Waals surface area contributed by atoms with Gasteiger partial charge in [0.25, 0.3) is 11.1 Å². The first-order valence-electron chi connectivity index (χ1n) is 10.1. The number of piperazine rings is 1. The van der Waals surface area contributed by atoms with Gasteiger partial charge in [-0.15, -0.1) is 0 Å². The van der Waals surface area contributed by atoms with Gasteiger partial charge in [0.2, 0.25) is 0 Å². The Hall–Kier alpha value is -3.68. The van der Waals surface area contributed by atoms with E-state index in [0.717, 1.165) is 54.9 Å². The van der Waals surface area contributed by atoms with E-state index in [1.54, 1.807) is 28.9 Å².